The smallest absolute Gasteiger partial charge is 0.253 e. The Morgan fingerprint density at radius 2 is 1.57 bits per heavy atom. The zero-order valence-electron chi connectivity index (χ0n) is 16.2. The summed E-state index contributed by atoms with van der Waals surface area (Å²) in [6.07, 6.45) is 1.56. The molecule has 0 radical (unpaired) electrons. The molecule has 3 aromatic carbocycles. The van der Waals surface area contributed by atoms with Crippen LogP contribution in [-0.2, 0) is 11.3 Å². The molecule has 0 aliphatic carbocycles. The molecule has 3 N–H and O–H groups in total. The molecule has 2 amide bonds. The molecule has 4 rings (SSSR count). The molecular weight excluding hydrogens is 378 g/mol. The average Bonchev–Trinajstić information content (AvgIpc) is 3.30. The minimum atomic E-state index is -0.246. The maximum absolute atomic E-state index is 12.5. The van der Waals surface area contributed by atoms with Crippen molar-refractivity contribution in [1.82, 2.24) is 5.32 Å². The molecule has 0 saturated heterocycles. The summed E-state index contributed by atoms with van der Waals surface area (Å²) in [6, 6.07) is 24.3. The van der Waals surface area contributed by atoms with Crippen molar-refractivity contribution in [3.8, 4) is 0 Å². The van der Waals surface area contributed by atoms with E-state index in [0.29, 0.717) is 23.6 Å². The lowest BCUT2D eigenvalue weighted by Crippen LogP contribution is -2.26. The van der Waals surface area contributed by atoms with Crippen molar-refractivity contribution in [2.75, 3.05) is 17.2 Å². The third-order valence-electron chi connectivity index (χ3n) is 4.68. The van der Waals surface area contributed by atoms with Crippen LogP contribution in [0.15, 0.2) is 89.5 Å². The van der Waals surface area contributed by atoms with Crippen LogP contribution in [-0.4, -0.2) is 18.4 Å². The number of para-hydroxylation sites is 1. The molecule has 0 spiro atoms. The molecular formula is C24H21N3O3. The molecule has 6 nitrogen and oxygen atoms in total. The van der Waals surface area contributed by atoms with Gasteiger partial charge in [-0.25, -0.2) is 0 Å². The summed E-state index contributed by atoms with van der Waals surface area (Å²) in [5.41, 5.74) is 1.80. The van der Waals surface area contributed by atoms with Gasteiger partial charge in [0, 0.05) is 16.8 Å². The predicted molar refractivity (Wildman–Crippen MR) is 117 cm³/mol. The largest absolute Gasteiger partial charge is 0.467 e. The van der Waals surface area contributed by atoms with Gasteiger partial charge >= 0.3 is 0 Å². The molecule has 150 valence electrons. The fourth-order valence-corrected chi connectivity index (χ4v) is 3.22. The van der Waals surface area contributed by atoms with Crippen LogP contribution in [0, 0.1) is 0 Å². The summed E-state index contributed by atoms with van der Waals surface area (Å²) in [5, 5.41) is 10.8. The molecule has 0 unspecified atom stereocenters. The number of carbonyl (C=O) groups excluding carboxylic acids is 2. The minimum absolute atomic E-state index is 0.0334. The van der Waals surface area contributed by atoms with Gasteiger partial charge in [-0.1, -0.05) is 48.5 Å². The highest BCUT2D eigenvalue weighted by Crippen LogP contribution is 2.23. The normalized spacial score (nSPS) is 10.5. The SMILES string of the molecule is O=C(CNc1ccccc1C(=O)NCc1ccco1)Nc1cccc2ccccc12. The average molecular weight is 399 g/mol. The maximum atomic E-state index is 12.5. The van der Waals surface area contributed by atoms with Crippen molar-refractivity contribution in [2.45, 2.75) is 6.54 Å². The standard InChI is InChI=1S/C24H21N3O3/c28-23(27-22-13-5-8-17-7-1-2-10-19(17)22)16-25-21-12-4-3-11-20(21)24(29)26-15-18-9-6-14-30-18/h1-14,25H,15-16H2,(H,26,29)(H,27,28). The van der Waals surface area contributed by atoms with E-state index in [1.165, 1.54) is 0 Å². The Hall–Kier alpha value is -4.06. The highest BCUT2D eigenvalue weighted by Gasteiger charge is 2.12. The van der Waals surface area contributed by atoms with Crippen LogP contribution < -0.4 is 16.0 Å². The summed E-state index contributed by atoms with van der Waals surface area (Å²) in [7, 11) is 0. The molecule has 0 aliphatic rings. The quantitative estimate of drug-likeness (QED) is 0.430. The van der Waals surface area contributed by atoms with Gasteiger partial charge in [0.1, 0.15) is 5.76 Å². The third kappa shape index (κ3) is 4.50. The van der Waals surface area contributed by atoms with Gasteiger partial charge in [-0.05, 0) is 35.7 Å². The molecule has 1 heterocycles. The van der Waals surface area contributed by atoms with Gasteiger partial charge < -0.3 is 20.4 Å². The zero-order valence-corrected chi connectivity index (χ0v) is 16.2. The molecule has 1 aromatic heterocycles. The highest BCUT2D eigenvalue weighted by molar-refractivity contribution is 6.04. The van der Waals surface area contributed by atoms with Crippen molar-refractivity contribution < 1.29 is 14.0 Å². The van der Waals surface area contributed by atoms with Crippen molar-refractivity contribution in [2.24, 2.45) is 0 Å². The first-order chi connectivity index (χ1) is 14.7. The minimum Gasteiger partial charge on any atom is -0.467 e. The first-order valence-corrected chi connectivity index (χ1v) is 9.62. The monoisotopic (exact) mass is 399 g/mol. The number of benzene rings is 3. The Kier molecular flexibility index (Phi) is 5.75. The van der Waals surface area contributed by atoms with E-state index in [2.05, 4.69) is 16.0 Å². The van der Waals surface area contributed by atoms with Crippen LogP contribution in [0.25, 0.3) is 10.8 Å². The highest BCUT2D eigenvalue weighted by atomic mass is 16.3. The zero-order chi connectivity index (χ0) is 20.8. The van der Waals surface area contributed by atoms with E-state index in [1.807, 2.05) is 48.5 Å². The van der Waals surface area contributed by atoms with Gasteiger partial charge in [-0.3, -0.25) is 9.59 Å². The van der Waals surface area contributed by atoms with Gasteiger partial charge in [0.2, 0.25) is 5.91 Å². The number of fused-ring (bicyclic) bond motifs is 1. The molecule has 0 fully saturated rings. The van der Waals surface area contributed by atoms with Gasteiger partial charge in [-0.15, -0.1) is 0 Å². The second-order valence-electron chi connectivity index (χ2n) is 6.74. The Bertz CT molecular complexity index is 1160. The number of furan rings is 1. The van der Waals surface area contributed by atoms with E-state index in [4.69, 9.17) is 4.42 Å². The maximum Gasteiger partial charge on any atom is 0.253 e. The molecule has 4 aromatic rings. The molecule has 0 saturated carbocycles. The topological polar surface area (TPSA) is 83.4 Å². The van der Waals surface area contributed by atoms with Crippen LogP contribution in [0.2, 0.25) is 0 Å². The van der Waals surface area contributed by atoms with Crippen LogP contribution >= 0.6 is 0 Å². The van der Waals surface area contributed by atoms with E-state index < -0.39 is 0 Å². The summed E-state index contributed by atoms with van der Waals surface area (Å²) >= 11 is 0. The molecule has 0 aliphatic heterocycles. The fourth-order valence-electron chi connectivity index (χ4n) is 3.22. The van der Waals surface area contributed by atoms with Crippen molar-refractivity contribution in [3.05, 3.63) is 96.4 Å². The Balaban J connectivity index is 1.40. The number of carbonyl (C=O) groups is 2. The third-order valence-corrected chi connectivity index (χ3v) is 4.68. The second-order valence-corrected chi connectivity index (χ2v) is 6.74. The van der Waals surface area contributed by atoms with Gasteiger partial charge in [0.05, 0.1) is 24.9 Å². The van der Waals surface area contributed by atoms with E-state index in [0.717, 1.165) is 16.5 Å². The lowest BCUT2D eigenvalue weighted by atomic mass is 10.1. The van der Waals surface area contributed by atoms with Crippen LogP contribution in [0.5, 0.6) is 0 Å². The lowest BCUT2D eigenvalue weighted by Gasteiger charge is -2.13. The van der Waals surface area contributed by atoms with E-state index in [9.17, 15) is 9.59 Å². The molecule has 6 heteroatoms. The number of hydrogen-bond acceptors (Lipinski definition) is 4. The Morgan fingerprint density at radius 3 is 2.43 bits per heavy atom. The van der Waals surface area contributed by atoms with Crippen molar-refractivity contribution >= 4 is 34.0 Å². The van der Waals surface area contributed by atoms with Crippen molar-refractivity contribution in [1.29, 1.82) is 0 Å². The van der Waals surface area contributed by atoms with Crippen LogP contribution in [0.3, 0.4) is 0 Å². The number of rotatable bonds is 7. The molecule has 0 atom stereocenters. The van der Waals surface area contributed by atoms with Crippen molar-refractivity contribution in [3.63, 3.8) is 0 Å². The number of nitrogens with one attached hydrogen (secondary N) is 3. The Labute approximate surface area is 173 Å². The molecule has 30 heavy (non-hydrogen) atoms. The number of amides is 2. The summed E-state index contributed by atoms with van der Waals surface area (Å²) in [4.78, 5) is 25.1. The summed E-state index contributed by atoms with van der Waals surface area (Å²) in [5.74, 6) is 0.226. The lowest BCUT2D eigenvalue weighted by molar-refractivity contribution is -0.114. The summed E-state index contributed by atoms with van der Waals surface area (Å²) in [6.45, 7) is 0.327. The van der Waals surface area contributed by atoms with E-state index in [1.54, 1.807) is 36.6 Å². The van der Waals surface area contributed by atoms with Crippen LogP contribution in [0.1, 0.15) is 16.1 Å². The van der Waals surface area contributed by atoms with Crippen LogP contribution in [0.4, 0.5) is 11.4 Å². The van der Waals surface area contributed by atoms with E-state index in [-0.39, 0.29) is 18.4 Å². The Morgan fingerprint density at radius 1 is 0.800 bits per heavy atom. The number of hydrogen-bond donors (Lipinski definition) is 3. The van der Waals surface area contributed by atoms with Gasteiger partial charge in [-0.2, -0.15) is 0 Å². The van der Waals surface area contributed by atoms with E-state index >= 15 is 0 Å². The second kappa shape index (κ2) is 8.96. The van der Waals surface area contributed by atoms with Gasteiger partial charge in [0.25, 0.3) is 5.91 Å². The fraction of sp³-hybridized carbons (Fsp3) is 0.0833. The number of anilines is 2. The first-order valence-electron chi connectivity index (χ1n) is 9.62. The predicted octanol–water partition coefficient (Wildman–Crippen LogP) is 4.41. The van der Waals surface area contributed by atoms with Gasteiger partial charge in [0.15, 0.2) is 0 Å². The molecule has 0 bridgehead atoms. The first kappa shape index (κ1) is 19.3. The summed E-state index contributed by atoms with van der Waals surface area (Å²) < 4.78 is 5.23.